The third kappa shape index (κ3) is 4.43. The molecule has 2 rings (SSSR count). The van der Waals surface area contributed by atoms with Crippen LogP contribution in [0.15, 0.2) is 48.5 Å². The highest BCUT2D eigenvalue weighted by Gasteiger charge is 2.07. The number of anilines is 1. The fraction of sp³-hybridized carbons (Fsp3) is 0.316. The number of nitrogens with zero attached hydrogens (tertiary/aromatic N) is 1. The number of hydrogen-bond donors (Lipinski definition) is 1. The number of amides is 1. The standard InChI is InChI=1S/C19H24N2O/c1-4-21(5-2)14-16-9-7-11-18(13-16)20-19(22)17-10-6-8-15(3)12-17/h6-13H,4-5,14H2,1-3H3,(H,20,22). The van der Waals surface area contributed by atoms with Crippen LogP contribution in [0.4, 0.5) is 5.69 Å². The van der Waals surface area contributed by atoms with Gasteiger partial charge in [-0.25, -0.2) is 0 Å². The van der Waals surface area contributed by atoms with Crippen molar-refractivity contribution in [1.82, 2.24) is 4.90 Å². The van der Waals surface area contributed by atoms with Crippen LogP contribution in [0.2, 0.25) is 0 Å². The van der Waals surface area contributed by atoms with E-state index in [4.69, 9.17) is 0 Å². The SMILES string of the molecule is CCN(CC)Cc1cccc(NC(=O)c2cccc(C)c2)c1. The Kier molecular flexibility index (Phi) is 5.73. The quantitative estimate of drug-likeness (QED) is 0.871. The first-order valence-electron chi connectivity index (χ1n) is 7.81. The summed E-state index contributed by atoms with van der Waals surface area (Å²) in [5.41, 5.74) is 3.83. The molecule has 0 bridgehead atoms. The number of benzene rings is 2. The van der Waals surface area contributed by atoms with E-state index in [1.807, 2.05) is 49.4 Å². The minimum absolute atomic E-state index is 0.0660. The molecule has 0 heterocycles. The maximum Gasteiger partial charge on any atom is 0.255 e. The molecular formula is C19H24N2O. The largest absolute Gasteiger partial charge is 0.322 e. The highest BCUT2D eigenvalue weighted by atomic mass is 16.1. The molecule has 2 aromatic rings. The molecule has 0 saturated carbocycles. The first-order valence-corrected chi connectivity index (χ1v) is 7.81. The van der Waals surface area contributed by atoms with Crippen molar-refractivity contribution in [2.75, 3.05) is 18.4 Å². The first kappa shape index (κ1) is 16.2. The molecule has 3 heteroatoms. The molecule has 0 saturated heterocycles. The van der Waals surface area contributed by atoms with Gasteiger partial charge in [-0.05, 0) is 49.8 Å². The molecule has 3 nitrogen and oxygen atoms in total. The van der Waals surface area contributed by atoms with Crippen LogP contribution in [-0.4, -0.2) is 23.9 Å². The zero-order valence-corrected chi connectivity index (χ0v) is 13.6. The molecule has 0 spiro atoms. The number of carbonyl (C=O) groups excluding carboxylic acids is 1. The summed E-state index contributed by atoms with van der Waals surface area (Å²) in [6, 6.07) is 15.7. The molecule has 0 fully saturated rings. The van der Waals surface area contributed by atoms with Crippen LogP contribution in [-0.2, 0) is 6.54 Å². The second kappa shape index (κ2) is 7.76. The summed E-state index contributed by atoms with van der Waals surface area (Å²) in [5, 5.41) is 2.98. The van der Waals surface area contributed by atoms with E-state index < -0.39 is 0 Å². The van der Waals surface area contributed by atoms with Crippen molar-refractivity contribution in [1.29, 1.82) is 0 Å². The van der Waals surface area contributed by atoms with E-state index in [1.165, 1.54) is 5.56 Å². The van der Waals surface area contributed by atoms with Gasteiger partial charge >= 0.3 is 0 Å². The van der Waals surface area contributed by atoms with Crippen LogP contribution in [0.5, 0.6) is 0 Å². The molecule has 0 radical (unpaired) electrons. The summed E-state index contributed by atoms with van der Waals surface area (Å²) in [4.78, 5) is 14.6. The molecule has 22 heavy (non-hydrogen) atoms. The molecule has 0 aliphatic rings. The molecule has 116 valence electrons. The van der Waals surface area contributed by atoms with Gasteiger partial charge in [0, 0.05) is 17.8 Å². The minimum atomic E-state index is -0.0660. The van der Waals surface area contributed by atoms with Gasteiger partial charge in [-0.2, -0.15) is 0 Å². The van der Waals surface area contributed by atoms with E-state index in [9.17, 15) is 4.79 Å². The zero-order valence-electron chi connectivity index (χ0n) is 13.6. The number of carbonyl (C=O) groups is 1. The number of hydrogen-bond acceptors (Lipinski definition) is 2. The van der Waals surface area contributed by atoms with Gasteiger partial charge in [-0.3, -0.25) is 9.69 Å². The van der Waals surface area contributed by atoms with Gasteiger partial charge in [-0.1, -0.05) is 43.7 Å². The van der Waals surface area contributed by atoms with Crippen LogP contribution < -0.4 is 5.32 Å². The van der Waals surface area contributed by atoms with Crippen molar-refractivity contribution in [3.05, 3.63) is 65.2 Å². The van der Waals surface area contributed by atoms with Crippen LogP contribution >= 0.6 is 0 Å². The molecule has 1 N–H and O–H groups in total. The highest BCUT2D eigenvalue weighted by molar-refractivity contribution is 6.04. The predicted molar refractivity (Wildman–Crippen MR) is 92.2 cm³/mol. The minimum Gasteiger partial charge on any atom is -0.322 e. The Hall–Kier alpha value is -2.13. The van der Waals surface area contributed by atoms with Gasteiger partial charge in [0.1, 0.15) is 0 Å². The second-order valence-corrected chi connectivity index (χ2v) is 5.49. The Morgan fingerprint density at radius 3 is 2.45 bits per heavy atom. The van der Waals surface area contributed by atoms with E-state index in [1.54, 1.807) is 0 Å². The monoisotopic (exact) mass is 296 g/mol. The van der Waals surface area contributed by atoms with Gasteiger partial charge < -0.3 is 5.32 Å². The summed E-state index contributed by atoms with van der Waals surface area (Å²) in [5.74, 6) is -0.0660. The molecule has 0 aromatic heterocycles. The van der Waals surface area contributed by atoms with Gasteiger partial charge in [0.05, 0.1) is 0 Å². The summed E-state index contributed by atoms with van der Waals surface area (Å²) in [7, 11) is 0. The second-order valence-electron chi connectivity index (χ2n) is 5.49. The van der Waals surface area contributed by atoms with E-state index in [-0.39, 0.29) is 5.91 Å². The average Bonchev–Trinajstić information content (AvgIpc) is 2.53. The number of rotatable bonds is 6. The van der Waals surface area contributed by atoms with Crippen LogP contribution in [0.1, 0.15) is 35.3 Å². The Labute approximate surface area is 133 Å². The van der Waals surface area contributed by atoms with Crippen molar-refractivity contribution < 1.29 is 4.79 Å². The van der Waals surface area contributed by atoms with E-state index in [0.29, 0.717) is 5.56 Å². The summed E-state index contributed by atoms with van der Waals surface area (Å²) >= 11 is 0. The lowest BCUT2D eigenvalue weighted by molar-refractivity contribution is 0.102. The lowest BCUT2D eigenvalue weighted by Crippen LogP contribution is -2.22. The molecule has 0 unspecified atom stereocenters. The fourth-order valence-corrected chi connectivity index (χ4v) is 2.44. The third-order valence-electron chi connectivity index (χ3n) is 3.77. The summed E-state index contributed by atoms with van der Waals surface area (Å²) in [6.07, 6.45) is 0. The Bertz CT molecular complexity index is 633. The molecule has 2 aromatic carbocycles. The predicted octanol–water partition coefficient (Wildman–Crippen LogP) is 4.09. The average molecular weight is 296 g/mol. The zero-order chi connectivity index (χ0) is 15.9. The Morgan fingerprint density at radius 2 is 1.77 bits per heavy atom. The van der Waals surface area contributed by atoms with Crippen molar-refractivity contribution in [3.63, 3.8) is 0 Å². The topological polar surface area (TPSA) is 32.3 Å². The molecule has 0 aliphatic carbocycles. The Morgan fingerprint density at radius 1 is 1.05 bits per heavy atom. The van der Waals surface area contributed by atoms with Gasteiger partial charge in [0.15, 0.2) is 0 Å². The van der Waals surface area contributed by atoms with Crippen LogP contribution in [0.25, 0.3) is 0 Å². The van der Waals surface area contributed by atoms with Gasteiger partial charge in [0.2, 0.25) is 0 Å². The fourth-order valence-electron chi connectivity index (χ4n) is 2.44. The van der Waals surface area contributed by atoms with Crippen LogP contribution in [0.3, 0.4) is 0 Å². The van der Waals surface area contributed by atoms with Crippen molar-refractivity contribution >= 4 is 11.6 Å². The van der Waals surface area contributed by atoms with E-state index >= 15 is 0 Å². The first-order chi connectivity index (χ1) is 10.6. The van der Waals surface area contributed by atoms with Crippen molar-refractivity contribution in [2.24, 2.45) is 0 Å². The maximum absolute atomic E-state index is 12.3. The summed E-state index contributed by atoms with van der Waals surface area (Å²) < 4.78 is 0. The Balaban J connectivity index is 2.08. The van der Waals surface area contributed by atoms with Gasteiger partial charge in [0.25, 0.3) is 5.91 Å². The van der Waals surface area contributed by atoms with Gasteiger partial charge in [-0.15, -0.1) is 0 Å². The highest BCUT2D eigenvalue weighted by Crippen LogP contribution is 2.14. The van der Waals surface area contributed by atoms with Crippen molar-refractivity contribution in [2.45, 2.75) is 27.3 Å². The van der Waals surface area contributed by atoms with Crippen LogP contribution in [0, 0.1) is 6.92 Å². The van der Waals surface area contributed by atoms with E-state index in [0.717, 1.165) is 30.9 Å². The summed E-state index contributed by atoms with van der Waals surface area (Å²) in [6.45, 7) is 9.26. The molecule has 0 aliphatic heterocycles. The molecule has 0 atom stereocenters. The molecular weight excluding hydrogens is 272 g/mol. The lowest BCUT2D eigenvalue weighted by atomic mass is 10.1. The molecule has 1 amide bonds. The number of aryl methyl sites for hydroxylation is 1. The smallest absolute Gasteiger partial charge is 0.255 e. The normalized spacial score (nSPS) is 10.7. The van der Waals surface area contributed by atoms with Crippen molar-refractivity contribution in [3.8, 4) is 0 Å². The third-order valence-corrected chi connectivity index (χ3v) is 3.77. The lowest BCUT2D eigenvalue weighted by Gasteiger charge is -2.18. The maximum atomic E-state index is 12.3. The van der Waals surface area contributed by atoms with E-state index in [2.05, 4.69) is 30.1 Å². The number of nitrogens with one attached hydrogen (secondary N) is 1.